The summed E-state index contributed by atoms with van der Waals surface area (Å²) in [5.41, 5.74) is 5.31. The van der Waals surface area contributed by atoms with Crippen LogP contribution in [0, 0.1) is 11.8 Å². The summed E-state index contributed by atoms with van der Waals surface area (Å²) in [6, 6.07) is 0. The maximum absolute atomic E-state index is 11.1. The Morgan fingerprint density at radius 1 is 1.62 bits per heavy atom. The minimum atomic E-state index is -0.167. The second kappa shape index (κ2) is 6.21. The van der Waals surface area contributed by atoms with Crippen LogP contribution in [0.1, 0.15) is 26.7 Å². The predicted molar refractivity (Wildman–Crippen MR) is 64.0 cm³/mol. The SMILES string of the molecule is CC[C@H](C)[C@@H](CN1CC[C@H](C(N)=O)C1)OC. The average molecular weight is 228 g/mol. The van der Waals surface area contributed by atoms with Gasteiger partial charge in [0, 0.05) is 20.2 Å². The van der Waals surface area contributed by atoms with Gasteiger partial charge in [0.1, 0.15) is 0 Å². The summed E-state index contributed by atoms with van der Waals surface area (Å²) in [5.74, 6) is 0.423. The molecule has 1 fully saturated rings. The molecule has 16 heavy (non-hydrogen) atoms. The lowest BCUT2D eigenvalue weighted by molar-refractivity contribution is -0.121. The Kier molecular flexibility index (Phi) is 5.22. The van der Waals surface area contributed by atoms with Crippen molar-refractivity contribution < 1.29 is 9.53 Å². The van der Waals surface area contributed by atoms with Crippen LogP contribution in [0.25, 0.3) is 0 Å². The Morgan fingerprint density at radius 3 is 2.75 bits per heavy atom. The summed E-state index contributed by atoms with van der Waals surface area (Å²) >= 11 is 0. The van der Waals surface area contributed by atoms with Gasteiger partial charge in [-0.05, 0) is 18.9 Å². The number of hydrogen-bond acceptors (Lipinski definition) is 3. The second-order valence-corrected chi connectivity index (χ2v) is 4.81. The molecule has 4 nitrogen and oxygen atoms in total. The molecule has 0 aromatic rings. The largest absolute Gasteiger partial charge is 0.380 e. The van der Waals surface area contributed by atoms with Crippen molar-refractivity contribution in [2.45, 2.75) is 32.8 Å². The molecule has 94 valence electrons. The molecule has 0 aromatic carbocycles. The summed E-state index contributed by atoms with van der Waals surface area (Å²) in [5, 5.41) is 0. The van der Waals surface area contributed by atoms with Gasteiger partial charge in [0.25, 0.3) is 0 Å². The van der Waals surface area contributed by atoms with E-state index in [2.05, 4.69) is 18.7 Å². The molecule has 1 rings (SSSR count). The molecule has 1 saturated heterocycles. The van der Waals surface area contributed by atoms with E-state index >= 15 is 0 Å². The van der Waals surface area contributed by atoms with Crippen molar-refractivity contribution in [1.82, 2.24) is 4.90 Å². The van der Waals surface area contributed by atoms with Crippen molar-refractivity contribution in [2.24, 2.45) is 17.6 Å². The van der Waals surface area contributed by atoms with Gasteiger partial charge in [-0.2, -0.15) is 0 Å². The molecule has 1 heterocycles. The third-order valence-corrected chi connectivity index (χ3v) is 3.69. The molecule has 0 aromatic heterocycles. The van der Waals surface area contributed by atoms with Crippen LogP contribution in [-0.4, -0.2) is 43.7 Å². The molecule has 1 aliphatic heterocycles. The minimum absolute atomic E-state index is 0.0365. The van der Waals surface area contributed by atoms with Crippen LogP contribution >= 0.6 is 0 Å². The number of likely N-dealkylation sites (tertiary alicyclic amines) is 1. The van der Waals surface area contributed by atoms with E-state index in [9.17, 15) is 4.79 Å². The fraction of sp³-hybridized carbons (Fsp3) is 0.917. The molecule has 0 radical (unpaired) electrons. The number of methoxy groups -OCH3 is 1. The average Bonchev–Trinajstić information content (AvgIpc) is 2.73. The molecule has 3 atom stereocenters. The maximum atomic E-state index is 11.1. The Labute approximate surface area is 98.1 Å². The molecular formula is C12H24N2O2. The van der Waals surface area contributed by atoms with Crippen molar-refractivity contribution in [3.63, 3.8) is 0 Å². The van der Waals surface area contributed by atoms with Gasteiger partial charge in [-0.25, -0.2) is 0 Å². The number of nitrogens with zero attached hydrogens (tertiary/aromatic N) is 1. The number of primary amides is 1. The normalized spacial score (nSPS) is 25.6. The van der Waals surface area contributed by atoms with E-state index in [0.29, 0.717) is 5.92 Å². The maximum Gasteiger partial charge on any atom is 0.221 e. The molecule has 0 aliphatic carbocycles. The number of amides is 1. The van der Waals surface area contributed by atoms with Crippen LogP contribution in [-0.2, 0) is 9.53 Å². The second-order valence-electron chi connectivity index (χ2n) is 4.81. The zero-order valence-electron chi connectivity index (χ0n) is 10.6. The van der Waals surface area contributed by atoms with Crippen molar-refractivity contribution in [2.75, 3.05) is 26.7 Å². The molecule has 0 saturated carbocycles. The molecule has 0 unspecified atom stereocenters. The van der Waals surface area contributed by atoms with E-state index in [1.165, 1.54) is 0 Å². The summed E-state index contributed by atoms with van der Waals surface area (Å²) in [6.45, 7) is 7.05. The molecule has 1 amide bonds. The number of carbonyl (C=O) groups excluding carboxylic acids is 1. The third-order valence-electron chi connectivity index (χ3n) is 3.69. The van der Waals surface area contributed by atoms with E-state index in [4.69, 9.17) is 10.5 Å². The highest BCUT2D eigenvalue weighted by Crippen LogP contribution is 2.19. The molecule has 0 spiro atoms. The van der Waals surface area contributed by atoms with Crippen molar-refractivity contribution in [3.05, 3.63) is 0 Å². The van der Waals surface area contributed by atoms with Crippen LogP contribution < -0.4 is 5.73 Å². The number of ether oxygens (including phenoxy) is 1. The highest BCUT2D eigenvalue weighted by atomic mass is 16.5. The van der Waals surface area contributed by atoms with E-state index in [1.807, 2.05) is 0 Å². The number of rotatable bonds is 6. The van der Waals surface area contributed by atoms with Gasteiger partial charge in [0.05, 0.1) is 12.0 Å². The zero-order valence-corrected chi connectivity index (χ0v) is 10.6. The van der Waals surface area contributed by atoms with Gasteiger partial charge in [-0.15, -0.1) is 0 Å². The molecule has 1 aliphatic rings. The lowest BCUT2D eigenvalue weighted by atomic mass is 10.0. The fourth-order valence-corrected chi connectivity index (χ4v) is 2.23. The summed E-state index contributed by atoms with van der Waals surface area (Å²) in [7, 11) is 1.76. The van der Waals surface area contributed by atoms with Crippen molar-refractivity contribution in [1.29, 1.82) is 0 Å². The predicted octanol–water partition coefficient (Wildman–Crippen LogP) is 0.855. The Morgan fingerprint density at radius 2 is 2.31 bits per heavy atom. The van der Waals surface area contributed by atoms with Gasteiger partial charge in [0.2, 0.25) is 5.91 Å². The van der Waals surface area contributed by atoms with Crippen LogP contribution in [0.2, 0.25) is 0 Å². The topological polar surface area (TPSA) is 55.6 Å². The van der Waals surface area contributed by atoms with Gasteiger partial charge in [-0.3, -0.25) is 9.69 Å². The lowest BCUT2D eigenvalue weighted by Gasteiger charge is -2.26. The van der Waals surface area contributed by atoms with Crippen LogP contribution in [0.15, 0.2) is 0 Å². The Bertz CT molecular complexity index is 233. The van der Waals surface area contributed by atoms with Crippen molar-refractivity contribution >= 4 is 5.91 Å². The van der Waals surface area contributed by atoms with Gasteiger partial charge >= 0.3 is 0 Å². The van der Waals surface area contributed by atoms with Crippen LogP contribution in [0.4, 0.5) is 0 Å². The standard InChI is InChI=1S/C12H24N2O2/c1-4-9(2)11(16-3)8-14-6-5-10(7-14)12(13)15/h9-11H,4-8H2,1-3H3,(H2,13,15)/t9-,10-,11+/m0/s1. The van der Waals surface area contributed by atoms with Crippen molar-refractivity contribution in [3.8, 4) is 0 Å². The Balaban J connectivity index is 2.40. The highest BCUT2D eigenvalue weighted by molar-refractivity contribution is 5.77. The lowest BCUT2D eigenvalue weighted by Crippen LogP contribution is -2.36. The molecule has 4 heteroatoms. The summed E-state index contributed by atoms with van der Waals surface area (Å²) in [4.78, 5) is 13.3. The van der Waals surface area contributed by atoms with Gasteiger partial charge in [-0.1, -0.05) is 20.3 Å². The molecule has 2 N–H and O–H groups in total. The first-order chi connectivity index (χ1) is 7.58. The van der Waals surface area contributed by atoms with Crippen LogP contribution in [0.5, 0.6) is 0 Å². The first kappa shape index (κ1) is 13.5. The fourth-order valence-electron chi connectivity index (χ4n) is 2.23. The first-order valence-corrected chi connectivity index (χ1v) is 6.12. The first-order valence-electron chi connectivity index (χ1n) is 6.12. The van der Waals surface area contributed by atoms with E-state index in [1.54, 1.807) is 7.11 Å². The highest BCUT2D eigenvalue weighted by Gasteiger charge is 2.29. The number of hydrogen-bond donors (Lipinski definition) is 1. The summed E-state index contributed by atoms with van der Waals surface area (Å²) in [6.07, 6.45) is 2.27. The summed E-state index contributed by atoms with van der Waals surface area (Å²) < 4.78 is 5.50. The van der Waals surface area contributed by atoms with Gasteiger partial charge in [0.15, 0.2) is 0 Å². The van der Waals surface area contributed by atoms with Crippen LogP contribution in [0.3, 0.4) is 0 Å². The Hall–Kier alpha value is -0.610. The minimum Gasteiger partial charge on any atom is -0.380 e. The smallest absolute Gasteiger partial charge is 0.221 e. The van der Waals surface area contributed by atoms with E-state index in [0.717, 1.165) is 32.5 Å². The van der Waals surface area contributed by atoms with Gasteiger partial charge < -0.3 is 10.5 Å². The number of nitrogens with two attached hydrogens (primary N) is 1. The van der Waals surface area contributed by atoms with E-state index < -0.39 is 0 Å². The number of carbonyl (C=O) groups is 1. The third kappa shape index (κ3) is 3.46. The monoisotopic (exact) mass is 228 g/mol. The quantitative estimate of drug-likeness (QED) is 0.733. The molecule has 0 bridgehead atoms. The van der Waals surface area contributed by atoms with E-state index in [-0.39, 0.29) is 17.9 Å². The molecular weight excluding hydrogens is 204 g/mol. The zero-order chi connectivity index (χ0) is 12.1.